The van der Waals surface area contributed by atoms with E-state index in [1.807, 2.05) is 0 Å². The molecule has 0 saturated carbocycles. The lowest BCUT2D eigenvalue weighted by atomic mass is 10.2. The van der Waals surface area contributed by atoms with E-state index in [0.717, 1.165) is 5.33 Å². The highest BCUT2D eigenvalue weighted by molar-refractivity contribution is 9.12. The van der Waals surface area contributed by atoms with Crippen molar-refractivity contribution in [2.75, 3.05) is 5.33 Å². The van der Waals surface area contributed by atoms with Crippen molar-refractivity contribution in [3.63, 3.8) is 0 Å². The standard InChI is InChI=1S/C6H11Br2/c1-2-3-4-6(8)5-7/h4,6H,2-3,5H2,1H3. The summed E-state index contributed by atoms with van der Waals surface area (Å²) in [4.78, 5) is 0.558. The van der Waals surface area contributed by atoms with Crippen LogP contribution in [0, 0.1) is 6.42 Å². The van der Waals surface area contributed by atoms with E-state index >= 15 is 0 Å². The zero-order chi connectivity index (χ0) is 6.41. The van der Waals surface area contributed by atoms with Crippen LogP contribution < -0.4 is 0 Å². The van der Waals surface area contributed by atoms with Gasteiger partial charge in [-0.25, -0.2) is 0 Å². The number of unbranched alkanes of at least 4 members (excludes halogenated alkanes) is 1. The molecule has 0 amide bonds. The summed E-state index contributed by atoms with van der Waals surface area (Å²) in [7, 11) is 0. The van der Waals surface area contributed by atoms with Gasteiger partial charge >= 0.3 is 0 Å². The van der Waals surface area contributed by atoms with E-state index in [0.29, 0.717) is 4.83 Å². The molecule has 2 heteroatoms. The molecule has 0 N–H and O–H groups in total. The van der Waals surface area contributed by atoms with Gasteiger partial charge in [0.15, 0.2) is 0 Å². The Kier molecular flexibility index (Phi) is 6.82. The lowest BCUT2D eigenvalue weighted by Crippen LogP contribution is -1.98. The summed E-state index contributed by atoms with van der Waals surface area (Å²) in [6, 6.07) is 0. The van der Waals surface area contributed by atoms with Crippen LogP contribution in [0.5, 0.6) is 0 Å². The molecule has 1 atom stereocenters. The molecule has 1 radical (unpaired) electrons. The molecular formula is C6H11Br2. The molecule has 0 heterocycles. The van der Waals surface area contributed by atoms with Gasteiger partial charge in [-0.3, -0.25) is 0 Å². The largest absolute Gasteiger partial charge is 0.0916 e. The van der Waals surface area contributed by atoms with Gasteiger partial charge in [-0.2, -0.15) is 0 Å². The number of hydrogen-bond acceptors (Lipinski definition) is 0. The number of hydrogen-bond donors (Lipinski definition) is 0. The smallest absolute Gasteiger partial charge is 0.0274 e. The Morgan fingerprint density at radius 2 is 2.25 bits per heavy atom. The van der Waals surface area contributed by atoms with Gasteiger partial charge in [0.25, 0.3) is 0 Å². The van der Waals surface area contributed by atoms with Gasteiger partial charge in [-0.1, -0.05) is 45.2 Å². The molecule has 0 bridgehead atoms. The van der Waals surface area contributed by atoms with Crippen molar-refractivity contribution in [1.82, 2.24) is 0 Å². The summed E-state index contributed by atoms with van der Waals surface area (Å²) in [6.07, 6.45) is 4.73. The third kappa shape index (κ3) is 5.10. The lowest BCUT2D eigenvalue weighted by Gasteiger charge is -2.00. The van der Waals surface area contributed by atoms with Crippen LogP contribution in [-0.2, 0) is 0 Å². The molecule has 0 aliphatic carbocycles. The fourth-order valence-corrected chi connectivity index (χ4v) is 0.939. The molecule has 0 aromatic carbocycles. The first-order chi connectivity index (χ1) is 3.81. The van der Waals surface area contributed by atoms with E-state index < -0.39 is 0 Å². The lowest BCUT2D eigenvalue weighted by molar-refractivity contribution is 0.869. The third-order valence-corrected chi connectivity index (χ3v) is 3.12. The Bertz CT molecular complexity index is 45.8. The fraction of sp³-hybridized carbons (Fsp3) is 0.833. The zero-order valence-electron chi connectivity index (χ0n) is 5.03. The summed E-state index contributed by atoms with van der Waals surface area (Å²) in [5.41, 5.74) is 0. The Morgan fingerprint density at radius 1 is 1.62 bits per heavy atom. The highest BCUT2D eigenvalue weighted by atomic mass is 79.9. The molecule has 0 rings (SSSR count). The second-order valence-electron chi connectivity index (χ2n) is 1.69. The maximum Gasteiger partial charge on any atom is 0.0274 e. The molecule has 0 aliphatic rings. The molecule has 0 fully saturated rings. The average Bonchev–Trinajstić information content (AvgIpc) is 1.83. The fourth-order valence-electron chi connectivity index (χ4n) is 0.411. The molecule has 0 spiro atoms. The van der Waals surface area contributed by atoms with Gasteiger partial charge in [-0.05, 0) is 12.8 Å². The minimum atomic E-state index is 0.558. The van der Waals surface area contributed by atoms with Gasteiger partial charge in [0, 0.05) is 10.2 Å². The van der Waals surface area contributed by atoms with Gasteiger partial charge in [0.05, 0.1) is 0 Å². The molecule has 0 aromatic heterocycles. The quantitative estimate of drug-likeness (QED) is 0.665. The van der Waals surface area contributed by atoms with Crippen LogP contribution in [-0.4, -0.2) is 10.2 Å². The van der Waals surface area contributed by atoms with Crippen LogP contribution in [0.4, 0.5) is 0 Å². The average molecular weight is 243 g/mol. The normalized spacial score (nSPS) is 13.9. The first-order valence-corrected chi connectivity index (χ1v) is 4.88. The number of alkyl halides is 2. The Labute approximate surface area is 68.3 Å². The monoisotopic (exact) mass is 241 g/mol. The molecule has 0 aromatic rings. The summed E-state index contributed by atoms with van der Waals surface area (Å²) in [6.45, 7) is 2.18. The maximum absolute atomic E-state index is 3.48. The number of halogens is 2. The molecule has 0 saturated heterocycles. The van der Waals surface area contributed by atoms with Crippen molar-refractivity contribution in [2.45, 2.75) is 24.6 Å². The minimum absolute atomic E-state index is 0.558. The van der Waals surface area contributed by atoms with E-state index in [1.54, 1.807) is 0 Å². The highest BCUT2D eigenvalue weighted by Crippen LogP contribution is 2.10. The van der Waals surface area contributed by atoms with Crippen LogP contribution >= 0.6 is 31.9 Å². The molecule has 0 aliphatic heterocycles. The molecule has 0 nitrogen and oxygen atoms in total. The Morgan fingerprint density at radius 3 is 2.62 bits per heavy atom. The van der Waals surface area contributed by atoms with E-state index in [4.69, 9.17) is 0 Å². The highest BCUT2D eigenvalue weighted by Gasteiger charge is 1.98. The van der Waals surface area contributed by atoms with Crippen molar-refractivity contribution in [3.05, 3.63) is 6.42 Å². The third-order valence-electron chi connectivity index (χ3n) is 0.859. The topological polar surface area (TPSA) is 0 Å². The molecule has 49 valence electrons. The van der Waals surface area contributed by atoms with Gasteiger partial charge in [0.1, 0.15) is 0 Å². The van der Waals surface area contributed by atoms with Gasteiger partial charge < -0.3 is 0 Å². The zero-order valence-corrected chi connectivity index (χ0v) is 8.20. The van der Waals surface area contributed by atoms with Crippen molar-refractivity contribution >= 4 is 31.9 Å². The van der Waals surface area contributed by atoms with E-state index in [-0.39, 0.29) is 0 Å². The van der Waals surface area contributed by atoms with Crippen LogP contribution in [0.15, 0.2) is 0 Å². The first-order valence-electron chi connectivity index (χ1n) is 2.84. The van der Waals surface area contributed by atoms with E-state index in [2.05, 4.69) is 45.2 Å². The minimum Gasteiger partial charge on any atom is -0.0916 e. The SMILES string of the molecule is CCC[CH]C(Br)CBr. The Hall–Kier alpha value is 0.960. The van der Waals surface area contributed by atoms with Gasteiger partial charge in [0.2, 0.25) is 0 Å². The van der Waals surface area contributed by atoms with Crippen molar-refractivity contribution in [2.24, 2.45) is 0 Å². The van der Waals surface area contributed by atoms with Crippen LogP contribution in [0.25, 0.3) is 0 Å². The Balaban J connectivity index is 2.86. The van der Waals surface area contributed by atoms with E-state index in [1.165, 1.54) is 12.8 Å². The summed E-state index contributed by atoms with van der Waals surface area (Å²) < 4.78 is 0. The second-order valence-corrected chi connectivity index (χ2v) is 3.52. The second kappa shape index (κ2) is 6.09. The summed E-state index contributed by atoms with van der Waals surface area (Å²) >= 11 is 6.84. The molecule has 8 heavy (non-hydrogen) atoms. The van der Waals surface area contributed by atoms with Crippen LogP contribution in [0.2, 0.25) is 0 Å². The van der Waals surface area contributed by atoms with Crippen LogP contribution in [0.1, 0.15) is 19.8 Å². The maximum atomic E-state index is 3.48. The van der Waals surface area contributed by atoms with Crippen molar-refractivity contribution < 1.29 is 0 Å². The summed E-state index contributed by atoms with van der Waals surface area (Å²) in [5, 5.41) is 1.02. The van der Waals surface area contributed by atoms with Gasteiger partial charge in [-0.15, -0.1) is 0 Å². The van der Waals surface area contributed by atoms with E-state index in [9.17, 15) is 0 Å². The predicted molar refractivity (Wildman–Crippen MR) is 45.7 cm³/mol. The molecule has 1 unspecified atom stereocenters. The first kappa shape index (κ1) is 8.96. The number of rotatable bonds is 4. The van der Waals surface area contributed by atoms with Crippen molar-refractivity contribution in [3.8, 4) is 0 Å². The predicted octanol–water partition coefficient (Wildman–Crippen LogP) is 3.15. The molecular weight excluding hydrogens is 232 g/mol. The van der Waals surface area contributed by atoms with Crippen LogP contribution in [0.3, 0.4) is 0 Å². The van der Waals surface area contributed by atoms with Crippen molar-refractivity contribution in [1.29, 1.82) is 0 Å². The summed E-state index contributed by atoms with van der Waals surface area (Å²) in [5.74, 6) is 0.